The number of nitrogen functional groups attached to an aromatic ring is 1. The van der Waals surface area contributed by atoms with Gasteiger partial charge in [-0.05, 0) is 65.8 Å². The molecule has 2 heteroatoms. The molecule has 0 saturated carbocycles. The molecular weight excluding hydrogens is 262 g/mol. The molecule has 1 aliphatic carbocycles. The number of hydrogen-bond acceptors (Lipinski definition) is 1. The molecule has 0 bridgehead atoms. The van der Waals surface area contributed by atoms with E-state index in [0.717, 1.165) is 5.69 Å². The maximum Gasteiger partial charge on any atom is 0.0320 e. The van der Waals surface area contributed by atoms with Crippen LogP contribution in [0.25, 0.3) is 10.8 Å². The standard InChI is InChI=1S/C14H14BrN/c15-14-7-9-5-6-10(16)8-13(9)11-3-1-2-4-12(11)14/h5-8H,1-4,16H2. The van der Waals surface area contributed by atoms with E-state index in [2.05, 4.69) is 34.1 Å². The SMILES string of the molecule is Nc1ccc2cc(Br)c3c(c2c1)CCCC3. The third-order valence-electron chi connectivity index (χ3n) is 3.44. The van der Waals surface area contributed by atoms with Crippen LogP contribution in [0.2, 0.25) is 0 Å². The molecule has 0 atom stereocenters. The average Bonchev–Trinajstić information content (AvgIpc) is 2.31. The monoisotopic (exact) mass is 275 g/mol. The third kappa shape index (κ3) is 1.52. The smallest absolute Gasteiger partial charge is 0.0320 e. The number of aryl methyl sites for hydroxylation is 1. The Balaban J connectivity index is 2.38. The summed E-state index contributed by atoms with van der Waals surface area (Å²) < 4.78 is 1.26. The minimum Gasteiger partial charge on any atom is -0.399 e. The van der Waals surface area contributed by atoms with Gasteiger partial charge in [-0.15, -0.1) is 0 Å². The van der Waals surface area contributed by atoms with E-state index in [1.54, 1.807) is 0 Å². The lowest BCUT2D eigenvalue weighted by Crippen LogP contribution is -2.04. The van der Waals surface area contributed by atoms with E-state index in [1.807, 2.05) is 6.07 Å². The predicted molar refractivity (Wildman–Crippen MR) is 72.7 cm³/mol. The summed E-state index contributed by atoms with van der Waals surface area (Å²) in [4.78, 5) is 0. The van der Waals surface area contributed by atoms with Gasteiger partial charge in [-0.1, -0.05) is 22.0 Å². The minimum atomic E-state index is 0.864. The molecular formula is C14H14BrN. The average molecular weight is 276 g/mol. The summed E-state index contributed by atoms with van der Waals surface area (Å²) in [5, 5.41) is 2.64. The molecule has 1 nitrogen and oxygen atoms in total. The highest BCUT2D eigenvalue weighted by atomic mass is 79.9. The second kappa shape index (κ2) is 3.77. The Morgan fingerprint density at radius 1 is 1.00 bits per heavy atom. The first-order chi connectivity index (χ1) is 7.75. The molecule has 0 amide bonds. The summed E-state index contributed by atoms with van der Waals surface area (Å²) in [7, 11) is 0. The van der Waals surface area contributed by atoms with Gasteiger partial charge in [0.25, 0.3) is 0 Å². The fourth-order valence-corrected chi connectivity index (χ4v) is 3.34. The van der Waals surface area contributed by atoms with Crippen LogP contribution in [0.1, 0.15) is 24.0 Å². The van der Waals surface area contributed by atoms with Gasteiger partial charge < -0.3 is 5.73 Å². The first kappa shape index (κ1) is 10.2. The minimum absolute atomic E-state index is 0.864. The molecule has 82 valence electrons. The molecule has 0 saturated heterocycles. The molecule has 2 N–H and O–H groups in total. The number of benzene rings is 2. The maximum absolute atomic E-state index is 5.88. The van der Waals surface area contributed by atoms with Crippen molar-refractivity contribution in [1.82, 2.24) is 0 Å². The fraction of sp³-hybridized carbons (Fsp3) is 0.286. The fourth-order valence-electron chi connectivity index (χ4n) is 2.65. The van der Waals surface area contributed by atoms with E-state index in [1.165, 1.54) is 52.1 Å². The molecule has 16 heavy (non-hydrogen) atoms. The van der Waals surface area contributed by atoms with Crippen LogP contribution in [-0.2, 0) is 12.8 Å². The van der Waals surface area contributed by atoms with Crippen LogP contribution in [0.5, 0.6) is 0 Å². The molecule has 0 unspecified atom stereocenters. The Morgan fingerprint density at radius 3 is 2.56 bits per heavy atom. The lowest BCUT2D eigenvalue weighted by molar-refractivity contribution is 0.688. The Bertz CT molecular complexity index is 560. The largest absolute Gasteiger partial charge is 0.399 e. The van der Waals surface area contributed by atoms with E-state index in [-0.39, 0.29) is 0 Å². The zero-order valence-corrected chi connectivity index (χ0v) is 10.7. The first-order valence-corrected chi connectivity index (χ1v) is 6.54. The number of fused-ring (bicyclic) bond motifs is 3. The number of anilines is 1. The van der Waals surface area contributed by atoms with Gasteiger partial charge in [-0.2, -0.15) is 0 Å². The van der Waals surface area contributed by atoms with Gasteiger partial charge in [-0.3, -0.25) is 0 Å². The lowest BCUT2D eigenvalue weighted by Gasteiger charge is -2.20. The van der Waals surface area contributed by atoms with E-state index in [0.29, 0.717) is 0 Å². The highest BCUT2D eigenvalue weighted by Gasteiger charge is 2.15. The molecule has 0 spiro atoms. The van der Waals surface area contributed by atoms with Gasteiger partial charge in [0.05, 0.1) is 0 Å². The molecule has 0 aliphatic heterocycles. The highest BCUT2D eigenvalue weighted by molar-refractivity contribution is 9.10. The van der Waals surface area contributed by atoms with Crippen molar-refractivity contribution in [2.24, 2.45) is 0 Å². The summed E-state index contributed by atoms with van der Waals surface area (Å²) in [6, 6.07) is 8.43. The first-order valence-electron chi connectivity index (χ1n) is 5.75. The van der Waals surface area contributed by atoms with Crippen molar-refractivity contribution < 1.29 is 0 Å². The molecule has 1 aliphatic rings. The molecule has 0 aromatic heterocycles. The molecule has 2 aromatic carbocycles. The van der Waals surface area contributed by atoms with Gasteiger partial charge in [-0.25, -0.2) is 0 Å². The topological polar surface area (TPSA) is 26.0 Å². The van der Waals surface area contributed by atoms with Crippen molar-refractivity contribution in [3.63, 3.8) is 0 Å². The Kier molecular flexibility index (Phi) is 2.40. The summed E-state index contributed by atoms with van der Waals surface area (Å²) in [6.07, 6.45) is 4.99. The molecule has 2 aromatic rings. The lowest BCUT2D eigenvalue weighted by atomic mass is 9.87. The molecule has 0 radical (unpaired) electrons. The zero-order chi connectivity index (χ0) is 11.1. The van der Waals surface area contributed by atoms with Crippen molar-refractivity contribution in [3.05, 3.63) is 39.9 Å². The maximum atomic E-state index is 5.88. The summed E-state index contributed by atoms with van der Waals surface area (Å²) >= 11 is 3.69. The Labute approximate surface area is 104 Å². The van der Waals surface area contributed by atoms with E-state index >= 15 is 0 Å². The highest BCUT2D eigenvalue weighted by Crippen LogP contribution is 2.35. The van der Waals surface area contributed by atoms with E-state index < -0.39 is 0 Å². The zero-order valence-electron chi connectivity index (χ0n) is 9.09. The van der Waals surface area contributed by atoms with Crippen LogP contribution in [-0.4, -0.2) is 0 Å². The quantitative estimate of drug-likeness (QED) is 0.721. The summed E-state index contributed by atoms with van der Waals surface area (Å²) in [5.74, 6) is 0. The second-order valence-corrected chi connectivity index (χ2v) is 5.36. The van der Waals surface area contributed by atoms with Gasteiger partial charge in [0, 0.05) is 10.2 Å². The van der Waals surface area contributed by atoms with Gasteiger partial charge >= 0.3 is 0 Å². The van der Waals surface area contributed by atoms with Gasteiger partial charge in [0.2, 0.25) is 0 Å². The van der Waals surface area contributed by atoms with Crippen LogP contribution in [0.15, 0.2) is 28.7 Å². The van der Waals surface area contributed by atoms with Crippen LogP contribution in [0.3, 0.4) is 0 Å². The molecule has 3 rings (SSSR count). The predicted octanol–water partition coefficient (Wildman–Crippen LogP) is 4.06. The van der Waals surface area contributed by atoms with Gasteiger partial charge in [0.15, 0.2) is 0 Å². The van der Waals surface area contributed by atoms with Crippen molar-refractivity contribution in [3.8, 4) is 0 Å². The van der Waals surface area contributed by atoms with Crippen LogP contribution >= 0.6 is 15.9 Å². The molecule has 0 fully saturated rings. The number of hydrogen-bond donors (Lipinski definition) is 1. The number of rotatable bonds is 0. The number of nitrogens with two attached hydrogens (primary N) is 1. The van der Waals surface area contributed by atoms with Crippen LogP contribution < -0.4 is 5.73 Å². The Hall–Kier alpha value is -1.02. The van der Waals surface area contributed by atoms with Crippen LogP contribution in [0.4, 0.5) is 5.69 Å². The van der Waals surface area contributed by atoms with Crippen molar-refractivity contribution in [2.45, 2.75) is 25.7 Å². The third-order valence-corrected chi connectivity index (χ3v) is 4.15. The summed E-state index contributed by atoms with van der Waals surface area (Å²) in [5.41, 5.74) is 9.74. The second-order valence-electron chi connectivity index (χ2n) is 4.50. The normalized spacial score (nSPS) is 15.1. The van der Waals surface area contributed by atoms with Crippen LogP contribution in [0, 0.1) is 0 Å². The van der Waals surface area contributed by atoms with Crippen molar-refractivity contribution in [2.75, 3.05) is 5.73 Å². The summed E-state index contributed by atoms with van der Waals surface area (Å²) in [6.45, 7) is 0. The van der Waals surface area contributed by atoms with E-state index in [4.69, 9.17) is 5.73 Å². The van der Waals surface area contributed by atoms with Gasteiger partial charge in [0.1, 0.15) is 0 Å². The van der Waals surface area contributed by atoms with E-state index in [9.17, 15) is 0 Å². The molecule has 0 heterocycles. The van der Waals surface area contributed by atoms with Crippen molar-refractivity contribution in [1.29, 1.82) is 0 Å². The Morgan fingerprint density at radius 2 is 1.75 bits per heavy atom. The van der Waals surface area contributed by atoms with Crippen molar-refractivity contribution >= 4 is 32.4 Å². The number of halogens is 1.